The number of hydrogen-bond donors (Lipinski definition) is 1. The van der Waals surface area contributed by atoms with Crippen molar-refractivity contribution >= 4 is 5.97 Å². The van der Waals surface area contributed by atoms with Gasteiger partial charge >= 0.3 is 5.97 Å². The quantitative estimate of drug-likeness (QED) is 0.740. The van der Waals surface area contributed by atoms with Crippen molar-refractivity contribution in [1.29, 1.82) is 0 Å². The Balaban J connectivity index is 1.47. The zero-order valence-electron chi connectivity index (χ0n) is 15.4. The fourth-order valence-corrected chi connectivity index (χ4v) is 8.66. The number of aliphatic hydroxyl groups excluding tert-OH is 1. The number of rotatable bonds is 1. The predicted octanol–water partition coefficient (Wildman–Crippen LogP) is 3.93. The number of carbonyl (C=O) groups is 1. The van der Waals surface area contributed by atoms with Crippen LogP contribution < -0.4 is 0 Å². The molecule has 3 heteroatoms. The van der Waals surface area contributed by atoms with Crippen molar-refractivity contribution in [2.75, 3.05) is 0 Å². The lowest BCUT2D eigenvalue weighted by Crippen LogP contribution is -2.57. The highest BCUT2D eigenvalue weighted by molar-refractivity contribution is 5.66. The van der Waals surface area contributed by atoms with Crippen molar-refractivity contribution in [3.05, 3.63) is 0 Å². The highest BCUT2D eigenvalue weighted by Crippen LogP contribution is 2.81. The predicted molar refractivity (Wildman–Crippen MR) is 91.1 cm³/mol. The lowest BCUT2D eigenvalue weighted by Gasteiger charge is -2.59. The molecule has 0 saturated heterocycles. The fourth-order valence-electron chi connectivity index (χ4n) is 8.66. The molecule has 5 saturated carbocycles. The summed E-state index contributed by atoms with van der Waals surface area (Å²) >= 11 is 0. The summed E-state index contributed by atoms with van der Waals surface area (Å²) in [5.41, 5.74) is 0.769. The van der Waals surface area contributed by atoms with Gasteiger partial charge in [-0.05, 0) is 80.5 Å². The minimum atomic E-state index is -0.129. The third-order valence-electron chi connectivity index (χ3n) is 9.79. The van der Waals surface area contributed by atoms with Gasteiger partial charge in [-0.25, -0.2) is 0 Å². The van der Waals surface area contributed by atoms with Crippen LogP contribution in [-0.2, 0) is 9.53 Å². The summed E-state index contributed by atoms with van der Waals surface area (Å²) in [6.45, 7) is 6.42. The summed E-state index contributed by atoms with van der Waals surface area (Å²) in [5.74, 6) is 2.72. The van der Waals surface area contributed by atoms with E-state index >= 15 is 0 Å². The van der Waals surface area contributed by atoms with Crippen molar-refractivity contribution in [3.63, 3.8) is 0 Å². The third kappa shape index (κ3) is 1.61. The fraction of sp³-hybridized carbons (Fsp3) is 0.952. The Morgan fingerprint density at radius 2 is 1.88 bits per heavy atom. The molecule has 5 aliphatic rings. The zero-order valence-corrected chi connectivity index (χ0v) is 15.4. The van der Waals surface area contributed by atoms with Gasteiger partial charge in [0.2, 0.25) is 0 Å². The van der Waals surface area contributed by atoms with Gasteiger partial charge in [-0.2, -0.15) is 0 Å². The van der Waals surface area contributed by atoms with Crippen LogP contribution in [-0.4, -0.2) is 23.3 Å². The smallest absolute Gasteiger partial charge is 0.302 e. The molecule has 24 heavy (non-hydrogen) atoms. The second kappa shape index (κ2) is 4.58. The van der Waals surface area contributed by atoms with Crippen LogP contribution in [0.3, 0.4) is 0 Å². The molecule has 1 spiro atoms. The first-order chi connectivity index (χ1) is 11.3. The van der Waals surface area contributed by atoms with E-state index in [0.29, 0.717) is 17.3 Å². The van der Waals surface area contributed by atoms with E-state index in [0.717, 1.165) is 24.7 Å². The highest BCUT2D eigenvalue weighted by Gasteiger charge is 2.77. The monoisotopic (exact) mass is 332 g/mol. The zero-order chi connectivity index (χ0) is 16.9. The van der Waals surface area contributed by atoms with E-state index < -0.39 is 0 Å². The number of carbonyl (C=O) groups excluding carboxylic acids is 1. The Hall–Kier alpha value is -0.570. The second-order valence-corrected chi connectivity index (χ2v) is 10.2. The van der Waals surface area contributed by atoms with Crippen molar-refractivity contribution in [2.24, 2.45) is 39.9 Å². The van der Waals surface area contributed by atoms with Crippen molar-refractivity contribution in [2.45, 2.75) is 84.3 Å². The topological polar surface area (TPSA) is 46.5 Å². The molecule has 0 amide bonds. The van der Waals surface area contributed by atoms with Crippen LogP contribution in [0.25, 0.3) is 0 Å². The number of hydrogen-bond acceptors (Lipinski definition) is 3. The molecule has 0 aliphatic heterocycles. The molecule has 0 aromatic carbocycles. The van der Waals surface area contributed by atoms with Gasteiger partial charge in [0, 0.05) is 17.8 Å². The average molecular weight is 332 g/mol. The Morgan fingerprint density at radius 1 is 1.08 bits per heavy atom. The van der Waals surface area contributed by atoms with Gasteiger partial charge in [0.15, 0.2) is 0 Å². The van der Waals surface area contributed by atoms with Crippen LogP contribution in [0.1, 0.15) is 72.1 Å². The van der Waals surface area contributed by atoms with Crippen LogP contribution in [0, 0.1) is 39.9 Å². The lowest BCUT2D eigenvalue weighted by atomic mass is 9.46. The van der Waals surface area contributed by atoms with Gasteiger partial charge in [0.1, 0.15) is 6.10 Å². The number of fused-ring (bicyclic) bond motifs is 4. The van der Waals surface area contributed by atoms with Gasteiger partial charge in [0.25, 0.3) is 0 Å². The maximum absolute atomic E-state index is 11.5. The molecule has 5 fully saturated rings. The molecule has 5 rings (SSSR count). The molecule has 0 heterocycles. The molecule has 0 unspecified atom stereocenters. The van der Waals surface area contributed by atoms with E-state index in [2.05, 4.69) is 13.8 Å². The summed E-state index contributed by atoms with van der Waals surface area (Å²) in [6.07, 6.45) is 9.62. The van der Waals surface area contributed by atoms with E-state index in [1.807, 2.05) is 0 Å². The maximum atomic E-state index is 11.5. The SMILES string of the molecule is CC(=O)O[C@H]1CC[C@H]2[C@@H]3C[C@@H](O)[C@]45C[C@H]4CC[C@]5(C)[C@H]3CC[C@]12C. The first-order valence-corrected chi connectivity index (χ1v) is 10.2. The van der Waals surface area contributed by atoms with Crippen LogP contribution >= 0.6 is 0 Å². The Morgan fingerprint density at radius 3 is 2.58 bits per heavy atom. The second-order valence-electron chi connectivity index (χ2n) is 10.2. The maximum Gasteiger partial charge on any atom is 0.302 e. The number of ether oxygens (including phenoxy) is 1. The van der Waals surface area contributed by atoms with Gasteiger partial charge in [0.05, 0.1) is 6.10 Å². The summed E-state index contributed by atoms with van der Waals surface area (Å²) in [5, 5.41) is 11.1. The largest absolute Gasteiger partial charge is 0.462 e. The van der Waals surface area contributed by atoms with Gasteiger partial charge in [-0.15, -0.1) is 0 Å². The minimum absolute atomic E-state index is 0.0913. The van der Waals surface area contributed by atoms with Crippen LogP contribution in [0.2, 0.25) is 0 Å². The summed E-state index contributed by atoms with van der Waals surface area (Å²) < 4.78 is 5.73. The van der Waals surface area contributed by atoms with Crippen LogP contribution in [0.5, 0.6) is 0 Å². The Bertz CT molecular complexity index is 588. The Labute approximate surface area is 145 Å². The summed E-state index contributed by atoms with van der Waals surface area (Å²) in [7, 11) is 0. The van der Waals surface area contributed by atoms with E-state index in [4.69, 9.17) is 4.74 Å². The van der Waals surface area contributed by atoms with Crippen molar-refractivity contribution in [1.82, 2.24) is 0 Å². The van der Waals surface area contributed by atoms with Crippen molar-refractivity contribution in [3.8, 4) is 0 Å². The molecule has 0 aromatic heterocycles. The molecule has 134 valence electrons. The summed E-state index contributed by atoms with van der Waals surface area (Å²) in [6, 6.07) is 0. The normalized spacial score (nSPS) is 60.7. The van der Waals surface area contributed by atoms with E-state index in [1.165, 1.54) is 38.5 Å². The van der Waals surface area contributed by atoms with Crippen molar-refractivity contribution < 1.29 is 14.6 Å². The first-order valence-electron chi connectivity index (χ1n) is 10.2. The molecule has 3 nitrogen and oxygen atoms in total. The molecule has 5 aliphatic carbocycles. The molecule has 0 bridgehead atoms. The average Bonchev–Trinajstić information content (AvgIpc) is 3.07. The molecular weight excluding hydrogens is 300 g/mol. The van der Waals surface area contributed by atoms with E-state index in [-0.39, 0.29) is 29.0 Å². The highest BCUT2D eigenvalue weighted by atomic mass is 16.5. The standard InChI is InChI=1S/C21H32O3/c1-12(22)24-18-5-4-15-14-10-17(23)21-11-13(21)6-9-20(21,3)16(14)7-8-19(15,18)2/h13-18,23H,4-11H2,1-3H3/t13-,14+,15+,16+,17-,18+,19+,20-,21+/m1/s1. The van der Waals surface area contributed by atoms with E-state index in [9.17, 15) is 9.90 Å². The molecule has 0 radical (unpaired) electrons. The van der Waals surface area contributed by atoms with Crippen LogP contribution in [0.15, 0.2) is 0 Å². The molecule has 1 N–H and O–H groups in total. The summed E-state index contributed by atoms with van der Waals surface area (Å²) in [4.78, 5) is 11.5. The molecule has 0 aromatic rings. The molecule has 9 atom stereocenters. The van der Waals surface area contributed by atoms with Gasteiger partial charge < -0.3 is 9.84 Å². The minimum Gasteiger partial charge on any atom is -0.462 e. The van der Waals surface area contributed by atoms with Gasteiger partial charge in [-0.3, -0.25) is 4.79 Å². The molecular formula is C21H32O3. The Kier molecular flexibility index (Phi) is 2.99. The van der Waals surface area contributed by atoms with Crippen LogP contribution in [0.4, 0.5) is 0 Å². The lowest BCUT2D eigenvalue weighted by molar-refractivity contribution is -0.170. The van der Waals surface area contributed by atoms with Gasteiger partial charge in [-0.1, -0.05) is 13.8 Å². The van der Waals surface area contributed by atoms with E-state index in [1.54, 1.807) is 6.92 Å². The number of esters is 1. The first kappa shape index (κ1) is 15.7. The number of aliphatic hydroxyl groups is 1. The third-order valence-corrected chi connectivity index (χ3v) is 9.79.